The first-order valence-electron chi connectivity index (χ1n) is 7.28. The van der Waals surface area contributed by atoms with Gasteiger partial charge in [0.1, 0.15) is 6.16 Å². The highest BCUT2D eigenvalue weighted by molar-refractivity contribution is 7.67. The Kier molecular flexibility index (Phi) is 7.13. The summed E-state index contributed by atoms with van der Waals surface area (Å²) in [4.78, 5) is 11.9. The molecule has 0 radical (unpaired) electrons. The van der Waals surface area contributed by atoms with E-state index < -0.39 is 13.3 Å². The van der Waals surface area contributed by atoms with Gasteiger partial charge in [0.2, 0.25) is 7.37 Å². The summed E-state index contributed by atoms with van der Waals surface area (Å²) >= 11 is 0. The smallest absolute Gasteiger partial charge is 0.315 e. The molecule has 0 aliphatic carbocycles. The van der Waals surface area contributed by atoms with Gasteiger partial charge in [-0.1, -0.05) is 45.9 Å². The van der Waals surface area contributed by atoms with E-state index in [9.17, 15) is 9.36 Å². The lowest BCUT2D eigenvalue weighted by atomic mass is 10.2. The van der Waals surface area contributed by atoms with Crippen molar-refractivity contribution in [1.29, 1.82) is 0 Å². The van der Waals surface area contributed by atoms with Gasteiger partial charge in [0, 0.05) is 5.30 Å². The van der Waals surface area contributed by atoms with Crippen LogP contribution in [-0.4, -0.2) is 25.3 Å². The third-order valence-corrected chi connectivity index (χ3v) is 5.01. The van der Waals surface area contributed by atoms with Crippen molar-refractivity contribution in [3.8, 4) is 0 Å². The van der Waals surface area contributed by atoms with Crippen LogP contribution in [0.5, 0.6) is 0 Å². The standard InChI is InChI=1S/C16H25O4P/c1-13(2)10-19-16(17)12-21(18,20-11-14(3)4)15-8-6-5-7-9-15/h5-9,13-14H,10-12H2,1-4H3. The second kappa shape index (κ2) is 8.35. The Morgan fingerprint density at radius 2 is 1.62 bits per heavy atom. The van der Waals surface area contributed by atoms with E-state index in [-0.39, 0.29) is 18.0 Å². The summed E-state index contributed by atoms with van der Waals surface area (Å²) in [6, 6.07) is 8.89. The number of carbonyl (C=O) groups is 1. The van der Waals surface area contributed by atoms with Crippen LogP contribution in [-0.2, 0) is 18.6 Å². The highest BCUT2D eigenvalue weighted by Crippen LogP contribution is 2.46. The number of esters is 1. The molecule has 0 aliphatic rings. The molecule has 118 valence electrons. The fraction of sp³-hybridized carbons (Fsp3) is 0.562. The number of benzene rings is 1. The molecular formula is C16H25O4P. The van der Waals surface area contributed by atoms with E-state index in [2.05, 4.69) is 0 Å². The van der Waals surface area contributed by atoms with Crippen molar-refractivity contribution in [3.05, 3.63) is 30.3 Å². The largest absolute Gasteiger partial charge is 0.465 e. The van der Waals surface area contributed by atoms with Crippen LogP contribution in [0.1, 0.15) is 27.7 Å². The minimum atomic E-state index is -3.22. The van der Waals surface area contributed by atoms with Crippen molar-refractivity contribution in [3.63, 3.8) is 0 Å². The topological polar surface area (TPSA) is 52.6 Å². The monoisotopic (exact) mass is 312 g/mol. The highest BCUT2D eigenvalue weighted by atomic mass is 31.2. The lowest BCUT2D eigenvalue weighted by Crippen LogP contribution is -2.20. The number of hydrogen-bond donors (Lipinski definition) is 0. The SMILES string of the molecule is CC(C)COC(=O)CP(=O)(OCC(C)C)c1ccccc1. The van der Waals surface area contributed by atoms with Crippen LogP contribution in [0.25, 0.3) is 0 Å². The molecule has 0 aromatic heterocycles. The number of carbonyl (C=O) groups excluding carboxylic acids is 1. The molecule has 0 spiro atoms. The molecule has 1 unspecified atom stereocenters. The predicted molar refractivity (Wildman–Crippen MR) is 85.1 cm³/mol. The van der Waals surface area contributed by atoms with E-state index in [0.717, 1.165) is 0 Å². The molecular weight excluding hydrogens is 287 g/mol. The molecule has 0 saturated carbocycles. The fourth-order valence-electron chi connectivity index (χ4n) is 1.61. The summed E-state index contributed by atoms with van der Waals surface area (Å²) in [5.74, 6) is 0.0232. The number of rotatable bonds is 8. The molecule has 0 heterocycles. The Balaban J connectivity index is 2.82. The van der Waals surface area contributed by atoms with Gasteiger partial charge in [-0.25, -0.2) is 0 Å². The Morgan fingerprint density at radius 3 is 2.14 bits per heavy atom. The highest BCUT2D eigenvalue weighted by Gasteiger charge is 2.30. The van der Waals surface area contributed by atoms with Crippen LogP contribution in [0.4, 0.5) is 0 Å². The second-order valence-electron chi connectivity index (χ2n) is 5.93. The molecule has 0 fully saturated rings. The lowest BCUT2D eigenvalue weighted by molar-refractivity contribution is -0.141. The van der Waals surface area contributed by atoms with Crippen molar-refractivity contribution in [2.45, 2.75) is 27.7 Å². The Morgan fingerprint density at radius 1 is 1.05 bits per heavy atom. The number of ether oxygens (including phenoxy) is 1. The molecule has 0 aliphatic heterocycles. The van der Waals surface area contributed by atoms with E-state index in [1.54, 1.807) is 24.3 Å². The van der Waals surface area contributed by atoms with Crippen molar-refractivity contribution < 1.29 is 18.6 Å². The fourth-order valence-corrected chi connectivity index (χ4v) is 3.63. The van der Waals surface area contributed by atoms with Gasteiger partial charge in [0.25, 0.3) is 0 Å². The maximum Gasteiger partial charge on any atom is 0.315 e. The average molecular weight is 312 g/mol. The Bertz CT molecular complexity index is 482. The van der Waals surface area contributed by atoms with Gasteiger partial charge < -0.3 is 9.26 Å². The van der Waals surface area contributed by atoms with Crippen LogP contribution < -0.4 is 5.30 Å². The Labute approximate surface area is 127 Å². The molecule has 0 saturated heterocycles. The molecule has 1 atom stereocenters. The van der Waals surface area contributed by atoms with E-state index >= 15 is 0 Å². The first-order valence-corrected chi connectivity index (χ1v) is 9.09. The van der Waals surface area contributed by atoms with Gasteiger partial charge in [-0.2, -0.15) is 0 Å². The predicted octanol–water partition coefficient (Wildman–Crippen LogP) is 3.46. The van der Waals surface area contributed by atoms with Crippen LogP contribution in [0.2, 0.25) is 0 Å². The number of hydrogen-bond acceptors (Lipinski definition) is 4. The zero-order chi connectivity index (χ0) is 15.9. The zero-order valence-corrected chi connectivity index (χ0v) is 14.1. The molecule has 0 N–H and O–H groups in total. The first kappa shape index (κ1) is 17.9. The van der Waals surface area contributed by atoms with Crippen molar-refractivity contribution in [2.24, 2.45) is 11.8 Å². The summed E-state index contributed by atoms with van der Waals surface area (Å²) in [5.41, 5.74) is 0. The summed E-state index contributed by atoms with van der Waals surface area (Å²) in [6.45, 7) is 8.55. The molecule has 0 bridgehead atoms. The maximum absolute atomic E-state index is 13.1. The third-order valence-electron chi connectivity index (χ3n) is 2.68. The molecule has 5 heteroatoms. The molecule has 1 aromatic rings. The van der Waals surface area contributed by atoms with Crippen LogP contribution >= 0.6 is 7.37 Å². The molecule has 4 nitrogen and oxygen atoms in total. The zero-order valence-electron chi connectivity index (χ0n) is 13.2. The summed E-state index contributed by atoms with van der Waals surface area (Å²) in [6.07, 6.45) is -0.212. The lowest BCUT2D eigenvalue weighted by Gasteiger charge is -2.20. The van der Waals surface area contributed by atoms with E-state index in [0.29, 0.717) is 18.5 Å². The minimum Gasteiger partial charge on any atom is -0.465 e. The van der Waals surface area contributed by atoms with Crippen LogP contribution in [0.15, 0.2) is 30.3 Å². The maximum atomic E-state index is 13.1. The van der Waals surface area contributed by atoms with E-state index in [1.165, 1.54) is 0 Å². The van der Waals surface area contributed by atoms with Crippen molar-refractivity contribution in [1.82, 2.24) is 0 Å². The van der Waals surface area contributed by atoms with Gasteiger partial charge >= 0.3 is 5.97 Å². The van der Waals surface area contributed by atoms with E-state index in [1.807, 2.05) is 33.8 Å². The third kappa shape index (κ3) is 6.45. The average Bonchev–Trinajstić information content (AvgIpc) is 2.44. The molecule has 21 heavy (non-hydrogen) atoms. The van der Waals surface area contributed by atoms with Gasteiger partial charge in [-0.15, -0.1) is 0 Å². The quantitative estimate of drug-likeness (QED) is 0.545. The second-order valence-corrected chi connectivity index (χ2v) is 8.37. The van der Waals surface area contributed by atoms with Gasteiger partial charge in [-0.05, 0) is 24.0 Å². The molecule has 0 amide bonds. The summed E-state index contributed by atoms with van der Waals surface area (Å²) in [7, 11) is -3.22. The van der Waals surface area contributed by atoms with Gasteiger partial charge in [0.15, 0.2) is 0 Å². The molecule has 1 rings (SSSR count). The van der Waals surface area contributed by atoms with Gasteiger partial charge in [-0.3, -0.25) is 9.36 Å². The Hall–Kier alpha value is -1.12. The minimum absolute atomic E-state index is 0.212. The van der Waals surface area contributed by atoms with Crippen LogP contribution in [0.3, 0.4) is 0 Å². The normalized spacial score (nSPS) is 14.2. The molecule has 1 aromatic carbocycles. The summed E-state index contributed by atoms with van der Waals surface area (Å²) in [5, 5.41) is 0.562. The van der Waals surface area contributed by atoms with Crippen molar-refractivity contribution in [2.75, 3.05) is 19.4 Å². The summed E-state index contributed by atoms with van der Waals surface area (Å²) < 4.78 is 23.8. The van der Waals surface area contributed by atoms with Gasteiger partial charge in [0.05, 0.1) is 13.2 Å². The van der Waals surface area contributed by atoms with E-state index in [4.69, 9.17) is 9.26 Å². The first-order chi connectivity index (χ1) is 9.83. The van der Waals surface area contributed by atoms with Crippen molar-refractivity contribution >= 4 is 18.6 Å². The van der Waals surface area contributed by atoms with Crippen LogP contribution in [0, 0.1) is 11.8 Å².